The van der Waals surface area contributed by atoms with Crippen LogP contribution in [0.25, 0.3) is 0 Å². The highest BCUT2D eigenvalue weighted by atomic mass is 16.6. The van der Waals surface area contributed by atoms with Crippen molar-refractivity contribution in [3.8, 4) is 0 Å². The smallest absolute Gasteiger partial charge is 0.410 e. The lowest BCUT2D eigenvalue weighted by atomic mass is 10.1. The van der Waals surface area contributed by atoms with Gasteiger partial charge in [0.15, 0.2) is 5.78 Å². The summed E-state index contributed by atoms with van der Waals surface area (Å²) in [5.74, 6) is -0.183. The van der Waals surface area contributed by atoms with E-state index in [-0.39, 0.29) is 5.78 Å². The third kappa shape index (κ3) is 3.61. The Morgan fingerprint density at radius 2 is 2.00 bits per heavy atom. The van der Waals surface area contributed by atoms with Crippen LogP contribution in [0.15, 0.2) is 23.0 Å². The fourth-order valence-corrected chi connectivity index (χ4v) is 1.31. The van der Waals surface area contributed by atoms with Crippen LogP contribution in [0.2, 0.25) is 0 Å². The highest BCUT2D eigenvalue weighted by molar-refractivity contribution is 6.00. The number of nitrogens with zero attached hydrogens (tertiary/aromatic N) is 1. The van der Waals surface area contributed by atoms with Gasteiger partial charge in [-0.3, -0.25) is 4.79 Å². The number of hydrogen-bond acceptors (Lipinski definition) is 4. The molecular weight excluding hydrogens is 234 g/mol. The average molecular weight is 253 g/mol. The lowest BCUT2D eigenvalue weighted by molar-refractivity contribution is 0.0231. The zero-order valence-corrected chi connectivity index (χ0v) is 11.4. The van der Waals surface area contributed by atoms with Gasteiger partial charge in [0, 0.05) is 7.05 Å². The Hall–Kier alpha value is -1.78. The quantitative estimate of drug-likeness (QED) is 0.777. The van der Waals surface area contributed by atoms with Gasteiger partial charge in [0.1, 0.15) is 11.9 Å². The first kappa shape index (κ1) is 14.3. The van der Waals surface area contributed by atoms with E-state index in [4.69, 9.17) is 9.15 Å². The Labute approximate surface area is 107 Å². The number of ether oxygens (including phenoxy) is 1. The zero-order valence-electron chi connectivity index (χ0n) is 11.4. The monoisotopic (exact) mass is 253 g/mol. The molecule has 1 heterocycles. The van der Waals surface area contributed by atoms with E-state index in [1.165, 1.54) is 24.5 Å². The van der Waals surface area contributed by atoms with Crippen molar-refractivity contribution in [2.75, 3.05) is 7.05 Å². The molecule has 0 radical (unpaired) electrons. The second-order valence-corrected chi connectivity index (χ2v) is 5.14. The molecule has 5 heteroatoms. The van der Waals surface area contributed by atoms with Crippen LogP contribution in [0.5, 0.6) is 0 Å². The molecule has 0 saturated carbocycles. The first-order valence-electron chi connectivity index (χ1n) is 5.74. The maximum Gasteiger partial charge on any atom is 0.410 e. The number of rotatable bonds is 3. The predicted octanol–water partition coefficient (Wildman–Crippen LogP) is 2.72. The van der Waals surface area contributed by atoms with Crippen molar-refractivity contribution >= 4 is 11.9 Å². The van der Waals surface area contributed by atoms with Crippen LogP contribution in [0.1, 0.15) is 38.1 Å². The summed E-state index contributed by atoms with van der Waals surface area (Å²) in [5.41, 5.74) is -0.137. The molecule has 0 aliphatic carbocycles. The highest BCUT2D eigenvalue weighted by Gasteiger charge is 2.27. The molecule has 0 aliphatic rings. The van der Waals surface area contributed by atoms with E-state index >= 15 is 0 Å². The number of Topliss-reactive ketones (excluding diaryl/α,β-unsaturated/α-hetero) is 1. The summed E-state index contributed by atoms with van der Waals surface area (Å²) in [5, 5.41) is 0. The van der Waals surface area contributed by atoms with Gasteiger partial charge in [0.25, 0.3) is 0 Å². The molecule has 100 valence electrons. The molecule has 0 aliphatic heterocycles. The number of furan rings is 1. The minimum absolute atomic E-state index is 0.183. The molecule has 1 aromatic heterocycles. The van der Waals surface area contributed by atoms with Crippen LogP contribution < -0.4 is 0 Å². The van der Waals surface area contributed by atoms with Crippen molar-refractivity contribution < 1.29 is 18.7 Å². The van der Waals surface area contributed by atoms with Crippen LogP contribution in [0.3, 0.4) is 0 Å². The summed E-state index contributed by atoms with van der Waals surface area (Å²) >= 11 is 0. The molecule has 1 rings (SSSR count). The molecule has 0 spiro atoms. The molecule has 1 aromatic rings. The lowest BCUT2D eigenvalue weighted by Crippen LogP contribution is -2.43. The van der Waals surface area contributed by atoms with Crippen molar-refractivity contribution in [2.24, 2.45) is 0 Å². The molecule has 18 heavy (non-hydrogen) atoms. The van der Waals surface area contributed by atoms with Crippen LogP contribution in [0, 0.1) is 0 Å². The van der Waals surface area contributed by atoms with Gasteiger partial charge in [0.05, 0.1) is 17.9 Å². The molecule has 0 N–H and O–H groups in total. The van der Waals surface area contributed by atoms with Gasteiger partial charge in [-0.05, 0) is 33.8 Å². The Morgan fingerprint density at radius 3 is 2.44 bits per heavy atom. The van der Waals surface area contributed by atoms with E-state index in [1.807, 2.05) is 0 Å². The maximum atomic E-state index is 12.0. The highest BCUT2D eigenvalue weighted by Crippen LogP contribution is 2.13. The molecule has 1 atom stereocenters. The van der Waals surface area contributed by atoms with E-state index in [1.54, 1.807) is 33.8 Å². The van der Waals surface area contributed by atoms with Gasteiger partial charge < -0.3 is 14.1 Å². The minimum Gasteiger partial charge on any atom is -0.472 e. The molecule has 0 bridgehead atoms. The Kier molecular flexibility index (Phi) is 4.16. The predicted molar refractivity (Wildman–Crippen MR) is 66.5 cm³/mol. The Balaban J connectivity index is 2.69. The summed E-state index contributed by atoms with van der Waals surface area (Å²) in [7, 11) is 1.54. The third-order valence-corrected chi connectivity index (χ3v) is 2.45. The summed E-state index contributed by atoms with van der Waals surface area (Å²) < 4.78 is 10.1. The van der Waals surface area contributed by atoms with Crippen LogP contribution >= 0.6 is 0 Å². The molecular formula is C13H19NO4. The lowest BCUT2D eigenvalue weighted by Gasteiger charge is -2.27. The van der Waals surface area contributed by atoms with Crippen molar-refractivity contribution in [1.82, 2.24) is 4.90 Å². The second kappa shape index (κ2) is 5.25. The maximum absolute atomic E-state index is 12.0. The number of ketones is 1. The van der Waals surface area contributed by atoms with E-state index in [0.29, 0.717) is 5.56 Å². The standard InChI is InChI=1S/C13H19NO4/c1-9(11(15)10-6-7-17-8-10)14(5)12(16)18-13(2,3)4/h6-9H,1-5H3/t9-/m0/s1. The number of carbonyl (C=O) groups is 2. The van der Waals surface area contributed by atoms with Crippen molar-refractivity contribution in [2.45, 2.75) is 39.3 Å². The second-order valence-electron chi connectivity index (χ2n) is 5.14. The van der Waals surface area contributed by atoms with Crippen LogP contribution in [0.4, 0.5) is 4.79 Å². The summed E-state index contributed by atoms with van der Waals surface area (Å²) in [6.07, 6.45) is 2.27. The fraction of sp³-hybridized carbons (Fsp3) is 0.538. The fourth-order valence-electron chi connectivity index (χ4n) is 1.31. The van der Waals surface area contributed by atoms with Gasteiger partial charge in [-0.2, -0.15) is 0 Å². The summed E-state index contributed by atoms with van der Waals surface area (Å²) in [4.78, 5) is 25.1. The summed E-state index contributed by atoms with van der Waals surface area (Å²) in [6, 6.07) is 0.972. The number of carbonyl (C=O) groups excluding carboxylic acids is 2. The average Bonchev–Trinajstić information content (AvgIpc) is 2.77. The number of hydrogen-bond donors (Lipinski definition) is 0. The summed E-state index contributed by atoms with van der Waals surface area (Å²) in [6.45, 7) is 6.99. The molecule has 0 unspecified atom stereocenters. The van der Waals surface area contributed by atoms with Crippen molar-refractivity contribution in [1.29, 1.82) is 0 Å². The number of likely N-dealkylation sites (N-methyl/N-ethyl adjacent to an activating group) is 1. The first-order chi connectivity index (χ1) is 8.22. The largest absolute Gasteiger partial charge is 0.472 e. The first-order valence-corrected chi connectivity index (χ1v) is 5.74. The normalized spacial score (nSPS) is 12.9. The molecule has 1 amide bonds. The topological polar surface area (TPSA) is 59.8 Å². The number of amides is 1. The van der Waals surface area contributed by atoms with Crippen molar-refractivity contribution in [3.05, 3.63) is 24.2 Å². The molecule has 0 fully saturated rings. The van der Waals surface area contributed by atoms with Gasteiger partial charge in [-0.15, -0.1) is 0 Å². The van der Waals surface area contributed by atoms with Crippen LogP contribution in [-0.2, 0) is 4.74 Å². The Morgan fingerprint density at radius 1 is 1.39 bits per heavy atom. The van der Waals surface area contributed by atoms with Gasteiger partial charge in [0.2, 0.25) is 0 Å². The van der Waals surface area contributed by atoms with E-state index in [2.05, 4.69) is 0 Å². The van der Waals surface area contributed by atoms with E-state index in [9.17, 15) is 9.59 Å². The molecule has 0 aromatic carbocycles. The zero-order chi connectivity index (χ0) is 13.9. The third-order valence-electron chi connectivity index (χ3n) is 2.45. The van der Waals surface area contributed by atoms with Gasteiger partial charge >= 0.3 is 6.09 Å². The van der Waals surface area contributed by atoms with Gasteiger partial charge in [-0.1, -0.05) is 0 Å². The van der Waals surface area contributed by atoms with E-state index < -0.39 is 17.7 Å². The van der Waals surface area contributed by atoms with Crippen LogP contribution in [-0.4, -0.2) is 35.5 Å². The van der Waals surface area contributed by atoms with E-state index in [0.717, 1.165) is 0 Å². The molecule has 0 saturated heterocycles. The van der Waals surface area contributed by atoms with Gasteiger partial charge in [-0.25, -0.2) is 4.79 Å². The SMILES string of the molecule is C[C@@H](C(=O)c1ccoc1)N(C)C(=O)OC(C)(C)C. The van der Waals surface area contributed by atoms with Crippen molar-refractivity contribution in [3.63, 3.8) is 0 Å². The Bertz CT molecular complexity index is 417. The minimum atomic E-state index is -0.600. The molecule has 5 nitrogen and oxygen atoms in total.